The zero-order chi connectivity index (χ0) is 28.3. The van der Waals surface area contributed by atoms with E-state index in [1.807, 2.05) is 44.0 Å². The molecule has 1 fully saturated rings. The highest BCUT2D eigenvalue weighted by atomic mass is 32.2. The molecule has 38 heavy (non-hydrogen) atoms. The number of carbonyl (C=O) groups excluding carboxylic acids is 1. The molecule has 0 amide bonds. The van der Waals surface area contributed by atoms with Crippen molar-refractivity contribution in [1.82, 2.24) is 14.9 Å². The second-order valence-corrected chi connectivity index (χ2v) is 12.5. The lowest BCUT2D eigenvalue weighted by molar-refractivity contribution is -0.464. The number of rotatable bonds is 6. The van der Waals surface area contributed by atoms with Crippen LogP contribution in [-0.4, -0.2) is 76.7 Å². The van der Waals surface area contributed by atoms with Crippen molar-refractivity contribution in [1.29, 1.82) is 0 Å². The highest BCUT2D eigenvalue weighted by Crippen LogP contribution is 2.33. The van der Waals surface area contributed by atoms with Gasteiger partial charge in [0.2, 0.25) is 6.34 Å². The zero-order valence-electron chi connectivity index (χ0n) is 21.1. The highest BCUT2D eigenvalue weighted by Gasteiger charge is 2.44. The first-order valence-electron chi connectivity index (χ1n) is 11.4. The van der Waals surface area contributed by atoms with Gasteiger partial charge in [0.1, 0.15) is 5.01 Å². The van der Waals surface area contributed by atoms with E-state index in [9.17, 15) is 18.0 Å². The lowest BCUT2D eigenvalue weighted by atomic mass is 9.95. The van der Waals surface area contributed by atoms with Gasteiger partial charge in [0, 0.05) is 17.7 Å². The molecule has 2 atom stereocenters. The minimum absolute atomic E-state index is 0.114. The molecule has 0 unspecified atom stereocenters. The largest absolute Gasteiger partial charge is 0.522 e. The number of hydrogen-bond donors (Lipinski definition) is 1. The third-order valence-corrected chi connectivity index (χ3v) is 8.20. The average Bonchev–Trinajstić information content (AvgIpc) is 3.51. The van der Waals surface area contributed by atoms with Gasteiger partial charge in [-0.3, -0.25) is 18.8 Å². The van der Waals surface area contributed by atoms with Crippen LogP contribution in [0.15, 0.2) is 35.7 Å². The highest BCUT2D eigenvalue weighted by molar-refractivity contribution is 7.86. The monoisotopic (exact) mass is 589 g/mol. The summed E-state index contributed by atoms with van der Waals surface area (Å²) in [5.74, 6) is 0.607. The number of aromatic nitrogens is 2. The van der Waals surface area contributed by atoms with Crippen LogP contribution in [-0.2, 0) is 21.3 Å². The predicted octanol–water partition coefficient (Wildman–Crippen LogP) is 4.55. The molecule has 0 saturated carbocycles. The number of aryl methyl sites for hydroxylation is 2. The molecule has 0 radical (unpaired) electrons. The average molecular weight is 590 g/mol. The molecule has 14 heteroatoms. The van der Waals surface area contributed by atoms with Crippen LogP contribution in [0.1, 0.15) is 33.6 Å². The van der Waals surface area contributed by atoms with Gasteiger partial charge in [-0.05, 0) is 19.4 Å². The number of thiazole rings is 2. The molecule has 1 aliphatic rings. The number of likely N-dealkylation sites (tertiary alicyclic amines) is 1. The van der Waals surface area contributed by atoms with Crippen LogP contribution in [0.2, 0.25) is 0 Å². The van der Waals surface area contributed by atoms with E-state index >= 15 is 0 Å². The fourth-order valence-corrected chi connectivity index (χ4v) is 5.85. The minimum atomic E-state index is -5.84. The summed E-state index contributed by atoms with van der Waals surface area (Å²) in [6.45, 7) is 4.89. The molecular formula is C24H28F3N4O4S3+. The van der Waals surface area contributed by atoms with Crippen molar-refractivity contribution in [3.63, 3.8) is 0 Å². The first kappa shape index (κ1) is 29.9. The van der Waals surface area contributed by atoms with Crippen molar-refractivity contribution in [2.45, 2.75) is 44.2 Å². The molecule has 4 rings (SSSR count). The van der Waals surface area contributed by atoms with Crippen LogP contribution in [0.5, 0.6) is 0 Å². The van der Waals surface area contributed by atoms with Gasteiger partial charge in [-0.15, -0.1) is 22.7 Å². The number of halogens is 3. The van der Waals surface area contributed by atoms with Gasteiger partial charge in [-0.25, -0.2) is 9.97 Å². The summed E-state index contributed by atoms with van der Waals surface area (Å²) < 4.78 is 59.6. The van der Waals surface area contributed by atoms with Gasteiger partial charge < -0.3 is 0 Å². The lowest BCUT2D eigenvalue weighted by Crippen LogP contribution is -2.37. The Labute approximate surface area is 227 Å². The fourth-order valence-electron chi connectivity index (χ4n) is 4.10. The molecule has 2 aromatic heterocycles. The summed E-state index contributed by atoms with van der Waals surface area (Å²) in [4.78, 5) is 25.8. The Kier molecular flexibility index (Phi) is 9.44. The van der Waals surface area contributed by atoms with E-state index in [0.29, 0.717) is 12.3 Å². The summed E-state index contributed by atoms with van der Waals surface area (Å²) in [5, 5.41) is 3.97. The summed E-state index contributed by atoms with van der Waals surface area (Å²) in [6.07, 6.45) is 3.28. The van der Waals surface area contributed by atoms with E-state index in [1.165, 1.54) is 5.56 Å². The van der Waals surface area contributed by atoms with Gasteiger partial charge in [0.05, 0.1) is 48.3 Å². The first-order chi connectivity index (χ1) is 17.7. The smallest absolute Gasteiger partial charge is 0.294 e. The molecule has 3 heterocycles. The minimum Gasteiger partial charge on any atom is -0.294 e. The van der Waals surface area contributed by atoms with Crippen LogP contribution in [0, 0.1) is 13.8 Å². The normalized spacial score (nSPS) is 17.6. The molecule has 1 aromatic carbocycles. The van der Waals surface area contributed by atoms with Crippen LogP contribution in [0.3, 0.4) is 0 Å². The number of ketones is 1. The van der Waals surface area contributed by atoms with Crippen LogP contribution >= 0.6 is 22.7 Å². The van der Waals surface area contributed by atoms with Crippen molar-refractivity contribution in [3.8, 4) is 10.6 Å². The summed E-state index contributed by atoms with van der Waals surface area (Å²) in [7, 11) is -1.83. The van der Waals surface area contributed by atoms with E-state index in [4.69, 9.17) is 18.0 Å². The van der Waals surface area contributed by atoms with E-state index in [0.717, 1.165) is 39.2 Å². The molecular weight excluding hydrogens is 561 g/mol. The molecule has 1 aliphatic heterocycles. The maximum absolute atomic E-state index is 13.3. The molecule has 3 aromatic rings. The van der Waals surface area contributed by atoms with E-state index in [2.05, 4.69) is 40.5 Å². The van der Waals surface area contributed by atoms with Crippen molar-refractivity contribution in [2.24, 2.45) is 0 Å². The maximum Gasteiger partial charge on any atom is 0.522 e. The van der Waals surface area contributed by atoms with Gasteiger partial charge in [0.25, 0.3) is 0 Å². The van der Waals surface area contributed by atoms with Gasteiger partial charge >= 0.3 is 15.6 Å². The number of hydrogen-bond acceptors (Lipinski definition) is 7. The second-order valence-electron chi connectivity index (χ2n) is 8.97. The number of nitrogens with zero attached hydrogens (tertiary/aromatic N) is 4. The topological polar surface area (TPSA) is 103 Å². The number of benzene rings is 1. The molecule has 0 bridgehead atoms. The molecule has 1 N–H and O–H groups in total. The van der Waals surface area contributed by atoms with E-state index in [1.54, 1.807) is 22.7 Å². The molecule has 1 saturated heterocycles. The van der Waals surface area contributed by atoms with Gasteiger partial charge in [-0.1, -0.05) is 30.3 Å². The third kappa shape index (κ3) is 7.68. The Bertz CT molecular complexity index is 1400. The van der Waals surface area contributed by atoms with Gasteiger partial charge in [0.15, 0.2) is 11.8 Å². The standard InChI is InChI=1S/C23H27N4OS2.CHF3O3S/c1-15-23(30-16(2)24-15)19-13-29-22(25-19)11-21(28)20-10-18(12-27(20)14-26(3)4)17-8-6-5-7-9-17;2-1(3,4)8(5,6)7/h5-9,13-14,18,20H,10-12H2,1-4H3;(H,5,6,7)/q+1;/t18-,20+;/m1./s1. The molecule has 0 spiro atoms. The number of carbonyl (C=O) groups is 1. The van der Waals surface area contributed by atoms with Crippen LogP contribution < -0.4 is 0 Å². The Morgan fingerprint density at radius 2 is 1.84 bits per heavy atom. The zero-order valence-corrected chi connectivity index (χ0v) is 23.6. The summed E-state index contributed by atoms with van der Waals surface area (Å²) >= 11 is 3.23. The number of alkyl halides is 3. The summed E-state index contributed by atoms with van der Waals surface area (Å²) in [5.41, 5.74) is -2.28. The van der Waals surface area contributed by atoms with Gasteiger partial charge in [-0.2, -0.15) is 21.6 Å². The first-order valence-corrected chi connectivity index (χ1v) is 14.6. The number of Topliss-reactive ketones (excluding diaryl/α,β-unsaturated/α-hetero) is 1. The predicted molar refractivity (Wildman–Crippen MR) is 141 cm³/mol. The molecule has 206 valence electrons. The quantitative estimate of drug-likeness (QED) is 0.148. The second kappa shape index (κ2) is 12.0. The third-order valence-electron chi connectivity index (χ3n) is 5.67. The Hall–Kier alpha value is -2.68. The van der Waals surface area contributed by atoms with Crippen molar-refractivity contribution in [2.75, 3.05) is 20.6 Å². The van der Waals surface area contributed by atoms with E-state index in [-0.39, 0.29) is 11.8 Å². The maximum atomic E-state index is 13.3. The van der Waals surface area contributed by atoms with Crippen molar-refractivity contribution >= 4 is 44.9 Å². The van der Waals surface area contributed by atoms with Crippen molar-refractivity contribution in [3.05, 3.63) is 57.0 Å². The Morgan fingerprint density at radius 1 is 1.21 bits per heavy atom. The van der Waals surface area contributed by atoms with Crippen molar-refractivity contribution < 1.29 is 35.5 Å². The lowest BCUT2D eigenvalue weighted by Gasteiger charge is -2.14. The van der Waals surface area contributed by atoms with E-state index < -0.39 is 15.6 Å². The SMILES string of the molecule is Cc1nc(C)c(-c2csc(CC(=O)[C@@H]3C[C@@H](c4ccccc4)CN3C=[N+](C)C)n2)s1.O=S(=O)(O)C(F)(F)F. The van der Waals surface area contributed by atoms with Crippen LogP contribution in [0.25, 0.3) is 10.6 Å². The Balaban J connectivity index is 0.000000436. The fraction of sp³-hybridized carbons (Fsp3) is 0.417. The molecule has 8 nitrogen and oxygen atoms in total. The summed E-state index contributed by atoms with van der Waals surface area (Å²) in [6, 6.07) is 10.4. The Morgan fingerprint density at radius 3 is 2.37 bits per heavy atom. The van der Waals surface area contributed by atoms with Crippen LogP contribution in [0.4, 0.5) is 13.2 Å². The molecule has 0 aliphatic carbocycles.